The van der Waals surface area contributed by atoms with Crippen LogP contribution in [0.15, 0.2) is 24.3 Å². The highest BCUT2D eigenvalue weighted by Gasteiger charge is 1.94. The molecule has 0 amide bonds. The summed E-state index contributed by atoms with van der Waals surface area (Å²) in [6.07, 6.45) is 2.31. The predicted molar refractivity (Wildman–Crippen MR) is 57.3 cm³/mol. The maximum Gasteiger partial charge on any atom is 0.229 e. The van der Waals surface area contributed by atoms with Gasteiger partial charge in [0, 0.05) is 12.1 Å². The van der Waals surface area contributed by atoms with Gasteiger partial charge in [-0.25, -0.2) is 0 Å². The van der Waals surface area contributed by atoms with Crippen LogP contribution in [0.25, 0.3) is 0 Å². The Morgan fingerprint density at radius 2 is 2.00 bits per heavy atom. The lowest BCUT2D eigenvalue weighted by Gasteiger charge is -2.00. The molecule has 1 aromatic carbocycles. The van der Waals surface area contributed by atoms with E-state index in [1.54, 1.807) is 7.11 Å². The van der Waals surface area contributed by atoms with Gasteiger partial charge >= 0.3 is 0 Å². The lowest BCUT2D eigenvalue weighted by Crippen LogP contribution is -1.93. The van der Waals surface area contributed by atoms with Crippen molar-refractivity contribution in [3.05, 3.63) is 34.9 Å². The molecule has 0 fully saturated rings. The van der Waals surface area contributed by atoms with Crippen LogP contribution in [0, 0.1) is 0 Å². The van der Waals surface area contributed by atoms with Crippen LogP contribution in [-0.4, -0.2) is 16.9 Å². The quantitative estimate of drug-likeness (QED) is 0.539. The first kappa shape index (κ1) is 10.8. The minimum Gasteiger partial charge on any atom is -0.421 e. The Morgan fingerprint density at radius 3 is 2.62 bits per heavy atom. The molecule has 2 radical (unpaired) electrons. The fourth-order valence-electron chi connectivity index (χ4n) is 1.12. The Bertz CT molecular complexity index is 235. The lowest BCUT2D eigenvalue weighted by molar-refractivity contribution is 0.439. The molecule has 3 heteroatoms. The molecular weight excluding hydrogens is 200 g/mol. The zero-order chi connectivity index (χ0) is 9.52. The summed E-state index contributed by atoms with van der Waals surface area (Å²) >= 11 is 5.78. The smallest absolute Gasteiger partial charge is 0.229 e. The molecule has 0 spiro atoms. The predicted octanol–water partition coefficient (Wildman–Crippen LogP) is 2.96. The molecule has 0 saturated heterocycles. The molecule has 0 aromatic heterocycles. The average molecular weight is 213 g/mol. The number of hydrogen-bond donors (Lipinski definition) is 0. The summed E-state index contributed by atoms with van der Waals surface area (Å²) in [7, 11) is 2.39. The molecule has 0 heterocycles. The highest BCUT2D eigenvalue weighted by Crippen LogP contribution is 2.11. The second kappa shape index (κ2) is 6.19. The van der Waals surface area contributed by atoms with Crippen molar-refractivity contribution in [2.75, 3.05) is 7.11 Å². The topological polar surface area (TPSA) is 9.23 Å². The van der Waals surface area contributed by atoms with Crippen molar-refractivity contribution in [3.63, 3.8) is 0 Å². The van der Waals surface area contributed by atoms with Crippen LogP contribution in [0.2, 0.25) is 11.1 Å². The van der Waals surface area contributed by atoms with Gasteiger partial charge in [0.05, 0.1) is 0 Å². The molecule has 0 N–H and O–H groups in total. The van der Waals surface area contributed by atoms with E-state index < -0.39 is 0 Å². The van der Waals surface area contributed by atoms with Gasteiger partial charge in [-0.15, -0.1) is 0 Å². The zero-order valence-corrected chi connectivity index (χ0v) is 9.47. The molecule has 0 bridgehead atoms. The van der Waals surface area contributed by atoms with E-state index in [1.165, 1.54) is 12.0 Å². The number of aryl methyl sites for hydroxylation is 1. The molecule has 1 aromatic rings. The average Bonchev–Trinajstić information content (AvgIpc) is 2.15. The molecule has 0 atom stereocenters. The number of halogens is 1. The van der Waals surface area contributed by atoms with Crippen molar-refractivity contribution in [1.29, 1.82) is 0 Å². The summed E-state index contributed by atoms with van der Waals surface area (Å²) in [4.78, 5) is 0. The van der Waals surface area contributed by atoms with Crippen molar-refractivity contribution in [2.24, 2.45) is 0 Å². The van der Waals surface area contributed by atoms with Gasteiger partial charge < -0.3 is 4.43 Å². The van der Waals surface area contributed by atoms with Gasteiger partial charge in [-0.1, -0.05) is 23.7 Å². The van der Waals surface area contributed by atoms with E-state index in [1.807, 2.05) is 12.1 Å². The molecule has 0 aliphatic heterocycles. The Hall–Kier alpha value is -0.313. The van der Waals surface area contributed by atoms with E-state index in [4.69, 9.17) is 16.0 Å². The second-order valence-electron chi connectivity index (χ2n) is 2.83. The number of rotatable bonds is 5. The lowest BCUT2D eigenvalue weighted by atomic mass is 10.1. The molecule has 0 saturated carbocycles. The van der Waals surface area contributed by atoms with E-state index >= 15 is 0 Å². The SMILES string of the molecule is CO[Si]CCCc1ccc(Cl)cc1. The van der Waals surface area contributed by atoms with Crippen molar-refractivity contribution in [1.82, 2.24) is 0 Å². The highest BCUT2D eigenvalue weighted by molar-refractivity contribution is 6.30. The van der Waals surface area contributed by atoms with Crippen LogP contribution >= 0.6 is 11.6 Å². The summed E-state index contributed by atoms with van der Waals surface area (Å²) in [5, 5.41) is 0.808. The molecule has 0 unspecified atom stereocenters. The van der Waals surface area contributed by atoms with Crippen LogP contribution in [-0.2, 0) is 10.8 Å². The van der Waals surface area contributed by atoms with Crippen LogP contribution in [0.4, 0.5) is 0 Å². The minimum absolute atomic E-state index is 0.638. The Labute approximate surface area is 87.0 Å². The van der Waals surface area contributed by atoms with Gasteiger partial charge in [0.15, 0.2) is 0 Å². The zero-order valence-electron chi connectivity index (χ0n) is 7.72. The summed E-state index contributed by atoms with van der Waals surface area (Å²) in [5.74, 6) is 0. The third-order valence-electron chi connectivity index (χ3n) is 1.80. The maximum absolute atomic E-state index is 5.78. The molecule has 1 rings (SSSR count). The van der Waals surface area contributed by atoms with Gasteiger partial charge in [-0.05, 0) is 36.6 Å². The standard InChI is InChI=1S/C10H13ClOSi/c1-12-13-8-2-3-9-4-6-10(11)7-5-9/h4-7H,2-3,8H2,1H3. The van der Waals surface area contributed by atoms with Crippen molar-refractivity contribution in [2.45, 2.75) is 18.9 Å². The Kier molecular flexibility index (Phi) is 5.12. The van der Waals surface area contributed by atoms with Crippen LogP contribution in [0.5, 0.6) is 0 Å². The molecule has 0 aliphatic rings. The minimum atomic E-state index is 0.638. The van der Waals surface area contributed by atoms with E-state index in [0.717, 1.165) is 17.5 Å². The monoisotopic (exact) mass is 212 g/mol. The fraction of sp³-hybridized carbons (Fsp3) is 0.400. The third kappa shape index (κ3) is 4.46. The van der Waals surface area contributed by atoms with Crippen molar-refractivity contribution < 1.29 is 4.43 Å². The van der Waals surface area contributed by atoms with Crippen molar-refractivity contribution in [3.8, 4) is 0 Å². The van der Waals surface area contributed by atoms with Crippen molar-refractivity contribution >= 4 is 21.4 Å². The first-order chi connectivity index (χ1) is 6.33. The van der Waals surface area contributed by atoms with E-state index in [0.29, 0.717) is 9.76 Å². The summed E-state index contributed by atoms with van der Waals surface area (Å²) in [6.45, 7) is 0. The first-order valence-corrected chi connectivity index (χ1v) is 5.82. The second-order valence-corrected chi connectivity index (χ2v) is 4.46. The molecule has 13 heavy (non-hydrogen) atoms. The molecule has 1 nitrogen and oxygen atoms in total. The summed E-state index contributed by atoms with van der Waals surface area (Å²) in [6, 6.07) is 9.20. The Morgan fingerprint density at radius 1 is 1.31 bits per heavy atom. The van der Waals surface area contributed by atoms with Crippen LogP contribution in [0.1, 0.15) is 12.0 Å². The first-order valence-electron chi connectivity index (χ1n) is 4.33. The fourth-order valence-corrected chi connectivity index (χ4v) is 1.77. The van der Waals surface area contributed by atoms with E-state index in [2.05, 4.69) is 12.1 Å². The van der Waals surface area contributed by atoms with Gasteiger partial charge in [-0.3, -0.25) is 0 Å². The third-order valence-corrected chi connectivity index (χ3v) is 2.90. The van der Waals surface area contributed by atoms with Crippen LogP contribution in [0.3, 0.4) is 0 Å². The normalized spacial score (nSPS) is 10.3. The molecule has 70 valence electrons. The van der Waals surface area contributed by atoms with Gasteiger partial charge in [0.1, 0.15) is 0 Å². The summed E-state index contributed by atoms with van der Waals surface area (Å²) in [5.41, 5.74) is 1.35. The highest BCUT2D eigenvalue weighted by atomic mass is 35.5. The Balaban J connectivity index is 2.25. The number of hydrogen-bond acceptors (Lipinski definition) is 1. The van der Waals surface area contributed by atoms with Gasteiger partial charge in [0.25, 0.3) is 0 Å². The van der Waals surface area contributed by atoms with Gasteiger partial charge in [-0.2, -0.15) is 0 Å². The summed E-state index contributed by atoms with van der Waals surface area (Å²) < 4.78 is 5.01. The molecular formula is C10H13ClOSi. The largest absolute Gasteiger partial charge is 0.421 e. The maximum atomic E-state index is 5.78. The van der Waals surface area contributed by atoms with Crippen LogP contribution < -0.4 is 0 Å². The number of benzene rings is 1. The van der Waals surface area contributed by atoms with Gasteiger partial charge in [0.2, 0.25) is 9.76 Å². The van der Waals surface area contributed by atoms with E-state index in [9.17, 15) is 0 Å². The molecule has 0 aliphatic carbocycles. The van der Waals surface area contributed by atoms with E-state index in [-0.39, 0.29) is 0 Å².